The lowest BCUT2D eigenvalue weighted by molar-refractivity contribution is -0.128. The van der Waals surface area contributed by atoms with Gasteiger partial charge < -0.3 is 15.8 Å². The van der Waals surface area contributed by atoms with Crippen molar-refractivity contribution in [2.45, 2.75) is 50.6 Å². The Kier molecular flexibility index (Phi) is 5.27. The molecule has 2 rings (SSSR count). The van der Waals surface area contributed by atoms with Crippen LogP contribution in [0.2, 0.25) is 0 Å². The highest BCUT2D eigenvalue weighted by Crippen LogP contribution is 2.29. The van der Waals surface area contributed by atoms with Gasteiger partial charge in [0.1, 0.15) is 5.75 Å². The van der Waals surface area contributed by atoms with Crippen molar-refractivity contribution in [3.63, 3.8) is 0 Å². The molecular formula is C16H23BrN2O2. The molecule has 3 N–H and O–H groups in total. The second kappa shape index (κ2) is 6.79. The van der Waals surface area contributed by atoms with Crippen molar-refractivity contribution in [2.24, 2.45) is 5.73 Å². The van der Waals surface area contributed by atoms with E-state index >= 15 is 0 Å². The molecule has 1 aliphatic rings. The number of carbonyl (C=O) groups excluding carboxylic acids is 1. The van der Waals surface area contributed by atoms with E-state index in [1.165, 1.54) is 6.42 Å². The number of hydrogen-bond donors (Lipinski definition) is 2. The van der Waals surface area contributed by atoms with Gasteiger partial charge in [0, 0.05) is 0 Å². The van der Waals surface area contributed by atoms with Crippen molar-refractivity contribution >= 4 is 21.8 Å². The van der Waals surface area contributed by atoms with Crippen LogP contribution >= 0.6 is 15.9 Å². The molecule has 1 saturated carbocycles. The predicted molar refractivity (Wildman–Crippen MR) is 87.3 cm³/mol. The minimum absolute atomic E-state index is 0.0401. The van der Waals surface area contributed by atoms with Gasteiger partial charge in [0.05, 0.1) is 23.2 Å². The topological polar surface area (TPSA) is 64.3 Å². The number of amides is 1. The highest BCUT2D eigenvalue weighted by Gasteiger charge is 2.35. The number of halogens is 1. The van der Waals surface area contributed by atoms with Gasteiger partial charge in [-0.25, -0.2) is 0 Å². The van der Waals surface area contributed by atoms with Crippen LogP contribution in [0.4, 0.5) is 0 Å². The van der Waals surface area contributed by atoms with E-state index < -0.39 is 5.54 Å². The summed E-state index contributed by atoms with van der Waals surface area (Å²) in [4.78, 5) is 12.4. The molecule has 1 aromatic carbocycles. The summed E-state index contributed by atoms with van der Waals surface area (Å²) in [5.41, 5.74) is 6.59. The van der Waals surface area contributed by atoms with E-state index in [9.17, 15) is 4.79 Å². The summed E-state index contributed by atoms with van der Waals surface area (Å²) in [6, 6.07) is 5.73. The zero-order valence-corrected chi connectivity index (χ0v) is 14.2. The molecule has 21 heavy (non-hydrogen) atoms. The molecule has 0 radical (unpaired) electrons. The first kappa shape index (κ1) is 16.3. The van der Waals surface area contributed by atoms with Gasteiger partial charge >= 0.3 is 0 Å². The van der Waals surface area contributed by atoms with Crippen LogP contribution in [-0.4, -0.2) is 18.6 Å². The summed E-state index contributed by atoms with van der Waals surface area (Å²) in [6.45, 7) is 1.97. The minimum atomic E-state index is -0.698. The molecule has 0 bridgehead atoms. The van der Waals surface area contributed by atoms with Crippen molar-refractivity contribution in [3.05, 3.63) is 28.2 Å². The zero-order chi connectivity index (χ0) is 15.5. The Morgan fingerprint density at radius 3 is 2.62 bits per heavy atom. The van der Waals surface area contributed by atoms with Gasteiger partial charge in [-0.15, -0.1) is 0 Å². The summed E-state index contributed by atoms with van der Waals surface area (Å²) >= 11 is 3.47. The van der Waals surface area contributed by atoms with E-state index in [0.717, 1.165) is 41.5 Å². The number of carbonyl (C=O) groups is 1. The normalized spacial score (nSPS) is 18.9. The number of benzene rings is 1. The van der Waals surface area contributed by atoms with Gasteiger partial charge in [0.15, 0.2) is 0 Å². The second-order valence-corrected chi connectivity index (χ2v) is 6.66. The van der Waals surface area contributed by atoms with Crippen molar-refractivity contribution in [1.29, 1.82) is 0 Å². The summed E-state index contributed by atoms with van der Waals surface area (Å²) in [6.07, 6.45) is 4.79. The monoisotopic (exact) mass is 354 g/mol. The molecule has 1 aliphatic carbocycles. The smallest absolute Gasteiger partial charge is 0.240 e. The largest absolute Gasteiger partial charge is 0.496 e. The van der Waals surface area contributed by atoms with E-state index in [4.69, 9.17) is 10.5 Å². The predicted octanol–water partition coefficient (Wildman–Crippen LogP) is 3.30. The van der Waals surface area contributed by atoms with E-state index in [0.29, 0.717) is 0 Å². The van der Waals surface area contributed by atoms with Crippen LogP contribution in [0.5, 0.6) is 5.75 Å². The number of hydrogen-bond acceptors (Lipinski definition) is 3. The zero-order valence-electron chi connectivity index (χ0n) is 12.6. The van der Waals surface area contributed by atoms with Crippen molar-refractivity contribution in [3.8, 4) is 5.75 Å². The van der Waals surface area contributed by atoms with Crippen LogP contribution in [0.25, 0.3) is 0 Å². The maximum atomic E-state index is 12.4. The van der Waals surface area contributed by atoms with Crippen LogP contribution < -0.4 is 15.8 Å². The highest BCUT2D eigenvalue weighted by atomic mass is 79.9. The molecular weight excluding hydrogens is 332 g/mol. The molecule has 0 heterocycles. The molecule has 0 aromatic heterocycles. The average Bonchev–Trinajstić information content (AvgIpc) is 2.47. The maximum absolute atomic E-state index is 12.4. The molecule has 1 atom stereocenters. The van der Waals surface area contributed by atoms with Gasteiger partial charge in [-0.1, -0.05) is 25.3 Å². The minimum Gasteiger partial charge on any atom is -0.496 e. The molecule has 1 unspecified atom stereocenters. The van der Waals surface area contributed by atoms with Crippen LogP contribution in [-0.2, 0) is 4.79 Å². The van der Waals surface area contributed by atoms with Crippen molar-refractivity contribution in [1.82, 2.24) is 5.32 Å². The number of ether oxygens (including phenoxy) is 1. The fourth-order valence-electron chi connectivity index (χ4n) is 2.79. The van der Waals surface area contributed by atoms with Crippen LogP contribution in [0.1, 0.15) is 50.6 Å². The summed E-state index contributed by atoms with van der Waals surface area (Å²) in [5.74, 6) is 0.737. The lowest BCUT2D eigenvalue weighted by Gasteiger charge is -2.33. The number of nitrogens with two attached hydrogens (primary N) is 1. The molecule has 4 nitrogen and oxygen atoms in total. The van der Waals surface area contributed by atoms with Crippen LogP contribution in [0, 0.1) is 0 Å². The molecule has 0 saturated heterocycles. The maximum Gasteiger partial charge on any atom is 0.240 e. The Morgan fingerprint density at radius 1 is 1.38 bits per heavy atom. The highest BCUT2D eigenvalue weighted by molar-refractivity contribution is 9.10. The Labute approximate surface area is 134 Å². The van der Waals surface area contributed by atoms with Crippen molar-refractivity contribution < 1.29 is 9.53 Å². The summed E-state index contributed by atoms with van der Waals surface area (Å²) in [7, 11) is 1.63. The number of methoxy groups -OCH3 is 1. The average molecular weight is 355 g/mol. The summed E-state index contributed by atoms with van der Waals surface area (Å²) in [5, 5.41) is 3.05. The molecule has 1 fully saturated rings. The van der Waals surface area contributed by atoms with Gasteiger partial charge in [0.2, 0.25) is 5.91 Å². The Balaban J connectivity index is 2.05. The Morgan fingerprint density at radius 2 is 2.05 bits per heavy atom. The fraction of sp³-hybridized carbons (Fsp3) is 0.562. The third-order valence-electron chi connectivity index (χ3n) is 4.22. The molecule has 116 valence electrons. The van der Waals surface area contributed by atoms with Gasteiger partial charge in [-0.3, -0.25) is 4.79 Å². The van der Waals surface area contributed by atoms with Gasteiger partial charge in [0.25, 0.3) is 0 Å². The second-order valence-electron chi connectivity index (χ2n) is 5.81. The fourth-order valence-corrected chi connectivity index (χ4v) is 3.34. The summed E-state index contributed by atoms with van der Waals surface area (Å²) < 4.78 is 6.10. The molecule has 0 spiro atoms. The van der Waals surface area contributed by atoms with E-state index in [-0.39, 0.29) is 11.9 Å². The third-order valence-corrected chi connectivity index (χ3v) is 4.84. The first-order valence-electron chi connectivity index (χ1n) is 7.39. The molecule has 1 aromatic rings. The number of nitrogens with one attached hydrogen (secondary N) is 1. The van der Waals surface area contributed by atoms with E-state index in [1.807, 2.05) is 25.1 Å². The Bertz CT molecular complexity index is 513. The quantitative estimate of drug-likeness (QED) is 0.871. The van der Waals surface area contributed by atoms with Crippen LogP contribution in [0.15, 0.2) is 22.7 Å². The molecule has 1 amide bonds. The van der Waals surface area contributed by atoms with E-state index in [2.05, 4.69) is 21.2 Å². The van der Waals surface area contributed by atoms with Crippen molar-refractivity contribution in [2.75, 3.05) is 7.11 Å². The standard InChI is InChI=1S/C16H23BrN2O2/c1-11(12-6-7-14(21-2)13(17)10-12)19-15(20)16(18)8-4-3-5-9-16/h6-7,10-11H,3-5,8-9,18H2,1-2H3,(H,19,20). The van der Waals surface area contributed by atoms with Gasteiger partial charge in [-0.2, -0.15) is 0 Å². The third kappa shape index (κ3) is 3.77. The van der Waals surface area contributed by atoms with Gasteiger partial charge in [-0.05, 0) is 53.4 Å². The lowest BCUT2D eigenvalue weighted by atomic mass is 9.81. The number of rotatable bonds is 4. The first-order valence-corrected chi connectivity index (χ1v) is 8.19. The SMILES string of the molecule is COc1ccc(C(C)NC(=O)C2(N)CCCCC2)cc1Br. The Hall–Kier alpha value is -1.07. The molecule has 0 aliphatic heterocycles. The molecule has 5 heteroatoms. The van der Waals surface area contributed by atoms with E-state index in [1.54, 1.807) is 7.11 Å². The first-order chi connectivity index (χ1) is 9.96. The van der Waals surface area contributed by atoms with Crippen LogP contribution in [0.3, 0.4) is 0 Å². The lowest BCUT2D eigenvalue weighted by Crippen LogP contribution is -2.55.